The number of halogens is 1. The van der Waals surface area contributed by atoms with Gasteiger partial charge in [-0.15, -0.1) is 0 Å². The van der Waals surface area contributed by atoms with Crippen LogP contribution in [-0.4, -0.2) is 56.2 Å². The number of sulfonamides is 1. The highest BCUT2D eigenvalue weighted by Gasteiger charge is 2.48. The zero-order chi connectivity index (χ0) is 30.1. The van der Waals surface area contributed by atoms with E-state index in [4.69, 9.17) is 26.2 Å². The summed E-state index contributed by atoms with van der Waals surface area (Å²) in [6.45, 7) is 0.269. The lowest BCUT2D eigenvalue weighted by Gasteiger charge is -2.32. The molecule has 0 N–H and O–H groups in total. The van der Waals surface area contributed by atoms with Crippen LogP contribution in [0.5, 0.6) is 11.5 Å². The molecule has 0 bridgehead atoms. The minimum Gasteiger partial charge on any atom is -0.497 e. The summed E-state index contributed by atoms with van der Waals surface area (Å²) in [6, 6.07) is 20.5. The van der Waals surface area contributed by atoms with Gasteiger partial charge in [-0.1, -0.05) is 35.9 Å². The fraction of sp³-hybridized carbons (Fsp3) is 0.333. The van der Waals surface area contributed by atoms with Crippen molar-refractivity contribution in [1.82, 2.24) is 9.31 Å². The molecule has 43 heavy (non-hydrogen) atoms. The maximum absolute atomic E-state index is 14.4. The van der Waals surface area contributed by atoms with Gasteiger partial charge in [-0.2, -0.15) is 9.41 Å². The van der Waals surface area contributed by atoms with Gasteiger partial charge in [-0.05, 0) is 103 Å². The monoisotopic (exact) mass is 619 g/mol. The molecule has 0 radical (unpaired) electrons. The van der Waals surface area contributed by atoms with Crippen LogP contribution in [0.25, 0.3) is 6.08 Å². The number of hydrazone groups is 1. The zero-order valence-electron chi connectivity index (χ0n) is 24.1. The molecule has 1 saturated heterocycles. The first kappa shape index (κ1) is 29.4. The third-order valence-electron chi connectivity index (χ3n) is 8.55. The van der Waals surface area contributed by atoms with Crippen molar-refractivity contribution < 1.29 is 22.7 Å². The number of hydrogen-bond donors (Lipinski definition) is 0. The summed E-state index contributed by atoms with van der Waals surface area (Å²) in [6.07, 6.45) is 5.83. The second-order valence-corrected chi connectivity index (χ2v) is 13.4. The van der Waals surface area contributed by atoms with Gasteiger partial charge in [0.1, 0.15) is 17.5 Å². The van der Waals surface area contributed by atoms with Crippen molar-refractivity contribution in [3.05, 3.63) is 94.5 Å². The summed E-state index contributed by atoms with van der Waals surface area (Å²) in [5.74, 6) is 1.19. The number of hydrogen-bond acceptors (Lipinski definition) is 6. The number of rotatable bonds is 7. The van der Waals surface area contributed by atoms with Gasteiger partial charge in [0.05, 0.1) is 30.9 Å². The Morgan fingerprint density at radius 1 is 0.907 bits per heavy atom. The highest BCUT2D eigenvalue weighted by atomic mass is 35.5. The molecule has 0 spiro atoms. The molecule has 3 atom stereocenters. The van der Waals surface area contributed by atoms with Gasteiger partial charge in [-0.25, -0.2) is 13.4 Å². The van der Waals surface area contributed by atoms with Crippen LogP contribution in [-0.2, 0) is 14.8 Å². The smallest absolute Gasteiger partial charge is 0.261 e. The Balaban J connectivity index is 1.38. The van der Waals surface area contributed by atoms with Crippen LogP contribution >= 0.6 is 11.6 Å². The van der Waals surface area contributed by atoms with E-state index < -0.39 is 16.1 Å². The van der Waals surface area contributed by atoms with Crippen molar-refractivity contribution in [3.63, 3.8) is 0 Å². The van der Waals surface area contributed by atoms with Crippen molar-refractivity contribution in [2.75, 3.05) is 20.8 Å². The molecule has 1 amide bonds. The van der Waals surface area contributed by atoms with Gasteiger partial charge in [0.25, 0.3) is 5.91 Å². The van der Waals surface area contributed by atoms with E-state index in [1.807, 2.05) is 48.5 Å². The minimum absolute atomic E-state index is 0.0154. The third-order valence-corrected chi connectivity index (χ3v) is 10.7. The maximum Gasteiger partial charge on any atom is 0.261 e. The predicted molar refractivity (Wildman–Crippen MR) is 167 cm³/mol. The Morgan fingerprint density at radius 3 is 2.21 bits per heavy atom. The average molecular weight is 620 g/mol. The SMILES string of the molecule is COc1ccc(/C=C2\CCCC3C2=NN(C(=O)C2CCCN2S(=O)(=O)c2ccc(Cl)cc2)C3c2ccc(OC)cc2)cc1. The second-order valence-electron chi connectivity index (χ2n) is 11.1. The summed E-state index contributed by atoms with van der Waals surface area (Å²) in [5.41, 5.74) is 3.95. The number of allylic oxidation sites excluding steroid dienone is 1. The van der Waals surface area contributed by atoms with Crippen molar-refractivity contribution in [1.29, 1.82) is 0 Å². The summed E-state index contributed by atoms with van der Waals surface area (Å²) >= 11 is 6.01. The van der Waals surface area contributed by atoms with Gasteiger partial charge in [0.15, 0.2) is 0 Å². The fourth-order valence-corrected chi connectivity index (χ4v) is 8.16. The van der Waals surface area contributed by atoms with Crippen LogP contribution in [0.2, 0.25) is 5.02 Å². The summed E-state index contributed by atoms with van der Waals surface area (Å²) in [4.78, 5) is 14.5. The van der Waals surface area contributed by atoms with Gasteiger partial charge in [0, 0.05) is 17.5 Å². The van der Waals surface area contributed by atoms with Crippen LogP contribution in [0, 0.1) is 5.92 Å². The predicted octanol–water partition coefficient (Wildman–Crippen LogP) is 6.33. The lowest BCUT2D eigenvalue weighted by molar-refractivity contribution is -0.137. The number of benzene rings is 3. The lowest BCUT2D eigenvalue weighted by Crippen LogP contribution is -2.46. The second kappa shape index (κ2) is 12.1. The number of fused-ring (bicyclic) bond motifs is 1. The number of methoxy groups -OCH3 is 2. The van der Waals surface area contributed by atoms with Gasteiger partial charge >= 0.3 is 0 Å². The molecule has 3 aliphatic rings. The van der Waals surface area contributed by atoms with Crippen molar-refractivity contribution in [3.8, 4) is 11.5 Å². The molecule has 3 aromatic carbocycles. The third kappa shape index (κ3) is 5.69. The van der Waals surface area contributed by atoms with Crippen molar-refractivity contribution >= 4 is 39.3 Å². The largest absolute Gasteiger partial charge is 0.497 e. The van der Waals surface area contributed by atoms with E-state index in [0.717, 1.165) is 53.2 Å². The van der Waals surface area contributed by atoms with Crippen LogP contribution in [0.3, 0.4) is 0 Å². The van der Waals surface area contributed by atoms with Gasteiger partial charge < -0.3 is 9.47 Å². The molecule has 2 heterocycles. The molecule has 0 aromatic heterocycles. The van der Waals surface area contributed by atoms with E-state index in [1.165, 1.54) is 16.4 Å². The Hall–Kier alpha value is -3.66. The Labute approximate surface area is 257 Å². The van der Waals surface area contributed by atoms with Crippen LogP contribution < -0.4 is 9.47 Å². The number of carbonyl (C=O) groups is 1. The van der Waals surface area contributed by atoms with Crippen molar-refractivity contribution in [2.24, 2.45) is 11.0 Å². The van der Waals surface area contributed by atoms with Gasteiger partial charge in [0.2, 0.25) is 10.0 Å². The van der Waals surface area contributed by atoms with E-state index in [-0.39, 0.29) is 29.3 Å². The standard InChI is InChI=1S/C33H34ClN3O5S/c1-41-26-14-8-22(9-15-26)21-24-5-3-6-29-31(24)35-37(32(29)23-10-16-27(42-2)17-11-23)33(38)30-7-4-20-36(30)43(39,40)28-18-12-25(34)13-19-28/h8-19,21,29-30,32H,3-7,20H2,1-2H3/b24-21+. The highest BCUT2D eigenvalue weighted by Crippen LogP contribution is 2.45. The fourth-order valence-electron chi connectivity index (χ4n) is 6.39. The van der Waals surface area contributed by atoms with Crippen LogP contribution in [0.15, 0.2) is 88.4 Å². The van der Waals surface area contributed by atoms with E-state index in [9.17, 15) is 13.2 Å². The minimum atomic E-state index is -3.91. The highest BCUT2D eigenvalue weighted by molar-refractivity contribution is 7.89. The summed E-state index contributed by atoms with van der Waals surface area (Å²) in [7, 11) is -0.651. The Kier molecular flexibility index (Phi) is 8.31. The lowest BCUT2D eigenvalue weighted by atomic mass is 9.77. The molecular formula is C33H34ClN3O5S. The first-order valence-corrected chi connectivity index (χ1v) is 16.3. The quantitative estimate of drug-likeness (QED) is 0.308. The Morgan fingerprint density at radius 2 is 1.56 bits per heavy atom. The maximum atomic E-state index is 14.4. The van der Waals surface area contributed by atoms with E-state index >= 15 is 0 Å². The molecular weight excluding hydrogens is 586 g/mol. The molecule has 224 valence electrons. The molecule has 3 aromatic rings. The first-order valence-electron chi connectivity index (χ1n) is 14.5. The molecule has 8 nitrogen and oxygen atoms in total. The summed E-state index contributed by atoms with van der Waals surface area (Å²) < 4.78 is 39.4. The molecule has 1 saturated carbocycles. The number of amides is 1. The molecule has 2 aliphatic heterocycles. The topological polar surface area (TPSA) is 88.5 Å². The number of ether oxygens (including phenoxy) is 2. The number of nitrogens with zero attached hydrogens (tertiary/aromatic N) is 3. The number of carbonyl (C=O) groups excluding carboxylic acids is 1. The van der Waals surface area contributed by atoms with Gasteiger partial charge in [-0.3, -0.25) is 4.79 Å². The van der Waals surface area contributed by atoms with E-state index in [1.54, 1.807) is 31.4 Å². The van der Waals surface area contributed by atoms with Crippen LogP contribution in [0.1, 0.15) is 49.3 Å². The molecule has 1 aliphatic carbocycles. The summed E-state index contributed by atoms with van der Waals surface area (Å²) in [5, 5.41) is 7.02. The van der Waals surface area contributed by atoms with Crippen molar-refractivity contribution in [2.45, 2.75) is 49.1 Å². The molecule has 2 fully saturated rings. The molecule has 10 heteroatoms. The van der Waals surface area contributed by atoms with E-state index in [2.05, 4.69) is 6.08 Å². The molecule has 6 rings (SSSR count). The average Bonchev–Trinajstić information content (AvgIpc) is 3.68. The van der Waals surface area contributed by atoms with Crippen LogP contribution in [0.4, 0.5) is 0 Å². The first-order chi connectivity index (χ1) is 20.8. The Bertz CT molecular complexity index is 1650. The normalized spacial score (nSPS) is 23.2. The molecule has 3 unspecified atom stereocenters. The van der Waals surface area contributed by atoms with E-state index in [0.29, 0.717) is 17.9 Å². The zero-order valence-corrected chi connectivity index (χ0v) is 25.7.